The lowest BCUT2D eigenvalue weighted by Gasteiger charge is -2.17. The number of carbonyl (C=O) groups is 2. The summed E-state index contributed by atoms with van der Waals surface area (Å²) in [6.45, 7) is 9.40. The number of nitrogens with one attached hydrogen (secondary N) is 3. The van der Waals surface area contributed by atoms with Gasteiger partial charge in [-0.2, -0.15) is 0 Å². The predicted octanol–water partition coefficient (Wildman–Crippen LogP) is 3.19. The third-order valence-electron chi connectivity index (χ3n) is 4.15. The molecule has 0 aliphatic rings. The van der Waals surface area contributed by atoms with Crippen molar-refractivity contribution in [3.63, 3.8) is 0 Å². The molecule has 0 radical (unpaired) electrons. The Kier molecular flexibility index (Phi) is 8.17. The molecule has 0 aliphatic heterocycles. The van der Waals surface area contributed by atoms with Gasteiger partial charge in [-0.05, 0) is 88.3 Å². The van der Waals surface area contributed by atoms with Crippen LogP contribution in [-0.2, 0) is 4.79 Å². The lowest BCUT2D eigenvalue weighted by molar-refractivity contribution is -0.127. The van der Waals surface area contributed by atoms with E-state index < -0.39 is 17.9 Å². The van der Waals surface area contributed by atoms with Gasteiger partial charge in [0.15, 0.2) is 11.2 Å². The Balaban J connectivity index is 1.83. The first-order chi connectivity index (χ1) is 14.2. The van der Waals surface area contributed by atoms with E-state index in [1.165, 1.54) is 0 Å². The predicted molar refractivity (Wildman–Crippen MR) is 120 cm³/mol. The molecule has 0 aliphatic carbocycles. The number of hydrogen-bond acceptors (Lipinski definition) is 5. The summed E-state index contributed by atoms with van der Waals surface area (Å²) in [5.41, 5.74) is 7.53. The van der Waals surface area contributed by atoms with E-state index >= 15 is 0 Å². The first kappa shape index (κ1) is 23.2. The van der Waals surface area contributed by atoms with E-state index in [0.717, 1.165) is 11.1 Å². The minimum Gasteiger partial charge on any atom is -0.491 e. The molecule has 2 aromatic rings. The van der Waals surface area contributed by atoms with Crippen LogP contribution < -0.4 is 25.6 Å². The van der Waals surface area contributed by atoms with E-state index in [2.05, 4.69) is 16.2 Å². The number of ether oxygens (including phenoxy) is 2. The zero-order valence-corrected chi connectivity index (χ0v) is 18.6. The van der Waals surface area contributed by atoms with Crippen molar-refractivity contribution in [2.24, 2.45) is 0 Å². The molecular formula is C22H27N3O4S. The van der Waals surface area contributed by atoms with E-state index in [-0.39, 0.29) is 11.2 Å². The van der Waals surface area contributed by atoms with Gasteiger partial charge < -0.3 is 9.47 Å². The number of hydrazine groups is 1. The van der Waals surface area contributed by atoms with Crippen molar-refractivity contribution in [3.8, 4) is 11.5 Å². The van der Waals surface area contributed by atoms with Crippen LogP contribution in [0.2, 0.25) is 0 Å². The van der Waals surface area contributed by atoms with Gasteiger partial charge in [0.1, 0.15) is 11.5 Å². The van der Waals surface area contributed by atoms with Crippen molar-refractivity contribution in [3.05, 3.63) is 59.2 Å². The summed E-state index contributed by atoms with van der Waals surface area (Å²) in [6, 6.07) is 12.4. The lowest BCUT2D eigenvalue weighted by atomic mass is 10.1. The van der Waals surface area contributed by atoms with Gasteiger partial charge in [0.2, 0.25) is 0 Å². The van der Waals surface area contributed by atoms with Crippen molar-refractivity contribution in [2.45, 2.75) is 46.8 Å². The fourth-order valence-corrected chi connectivity index (χ4v) is 2.60. The van der Waals surface area contributed by atoms with Gasteiger partial charge in [0.25, 0.3) is 11.8 Å². The molecule has 0 spiro atoms. The Morgan fingerprint density at radius 3 is 2.27 bits per heavy atom. The first-order valence-corrected chi connectivity index (χ1v) is 9.98. The highest BCUT2D eigenvalue weighted by molar-refractivity contribution is 7.80. The Morgan fingerprint density at radius 2 is 1.60 bits per heavy atom. The molecule has 3 N–H and O–H groups in total. The van der Waals surface area contributed by atoms with Crippen LogP contribution in [0.15, 0.2) is 42.5 Å². The van der Waals surface area contributed by atoms with Gasteiger partial charge >= 0.3 is 0 Å². The van der Waals surface area contributed by atoms with Crippen LogP contribution in [0.25, 0.3) is 0 Å². The van der Waals surface area contributed by atoms with Crippen LogP contribution in [0.1, 0.15) is 42.3 Å². The molecule has 30 heavy (non-hydrogen) atoms. The second-order valence-electron chi connectivity index (χ2n) is 7.10. The highest BCUT2D eigenvalue weighted by Crippen LogP contribution is 2.18. The molecule has 2 aromatic carbocycles. The molecule has 2 rings (SSSR count). The normalized spacial score (nSPS) is 11.4. The zero-order valence-electron chi connectivity index (χ0n) is 17.7. The number of amides is 2. The van der Waals surface area contributed by atoms with E-state index in [1.807, 2.05) is 45.9 Å². The summed E-state index contributed by atoms with van der Waals surface area (Å²) in [4.78, 5) is 24.6. The Labute approximate surface area is 182 Å². The van der Waals surface area contributed by atoms with Crippen molar-refractivity contribution >= 4 is 29.1 Å². The topological polar surface area (TPSA) is 88.7 Å². The number of carbonyl (C=O) groups excluding carboxylic acids is 2. The summed E-state index contributed by atoms with van der Waals surface area (Å²) in [6.07, 6.45) is -0.766. The summed E-state index contributed by atoms with van der Waals surface area (Å²) in [5.74, 6) is 0.329. The second kappa shape index (κ2) is 10.6. The molecule has 0 heterocycles. The van der Waals surface area contributed by atoms with Gasteiger partial charge in [-0.25, -0.2) is 0 Å². The van der Waals surface area contributed by atoms with Gasteiger partial charge in [-0.15, -0.1) is 0 Å². The fraction of sp³-hybridized carbons (Fsp3) is 0.318. The third kappa shape index (κ3) is 7.04. The quantitative estimate of drug-likeness (QED) is 0.483. The van der Waals surface area contributed by atoms with Crippen LogP contribution in [0.3, 0.4) is 0 Å². The van der Waals surface area contributed by atoms with Gasteiger partial charge in [-0.1, -0.05) is 12.1 Å². The minimum atomic E-state index is -0.761. The molecule has 0 aromatic heterocycles. The minimum absolute atomic E-state index is 0.00528. The number of rotatable bonds is 6. The fourth-order valence-electron chi connectivity index (χ4n) is 2.45. The highest BCUT2D eigenvalue weighted by atomic mass is 32.1. The Morgan fingerprint density at radius 1 is 0.900 bits per heavy atom. The SMILES string of the molecule is Cc1ccc(OC(C)C(=O)NNC(=S)NC(=O)c2cccc(OC(C)C)c2)cc1C. The summed E-state index contributed by atoms with van der Waals surface area (Å²) in [5, 5.41) is 2.46. The average Bonchev–Trinajstić information content (AvgIpc) is 2.68. The van der Waals surface area contributed by atoms with Crippen LogP contribution in [0.4, 0.5) is 0 Å². The Bertz CT molecular complexity index is 930. The van der Waals surface area contributed by atoms with Crippen LogP contribution in [0, 0.1) is 13.8 Å². The lowest BCUT2D eigenvalue weighted by Crippen LogP contribution is -2.51. The van der Waals surface area contributed by atoms with E-state index in [0.29, 0.717) is 17.1 Å². The van der Waals surface area contributed by atoms with Crippen LogP contribution in [0.5, 0.6) is 11.5 Å². The summed E-state index contributed by atoms with van der Waals surface area (Å²) in [7, 11) is 0. The molecule has 0 bridgehead atoms. The molecule has 160 valence electrons. The van der Waals surface area contributed by atoms with Gasteiger partial charge in [0.05, 0.1) is 6.10 Å². The molecule has 0 saturated heterocycles. The van der Waals surface area contributed by atoms with E-state index in [9.17, 15) is 9.59 Å². The van der Waals surface area contributed by atoms with Crippen LogP contribution in [-0.4, -0.2) is 29.1 Å². The largest absolute Gasteiger partial charge is 0.491 e. The van der Waals surface area contributed by atoms with Crippen molar-refractivity contribution < 1.29 is 19.1 Å². The second-order valence-corrected chi connectivity index (χ2v) is 7.51. The monoisotopic (exact) mass is 429 g/mol. The molecule has 2 amide bonds. The molecule has 7 nitrogen and oxygen atoms in total. The maximum atomic E-state index is 12.3. The molecule has 1 atom stereocenters. The number of thiocarbonyl (C=S) groups is 1. The van der Waals surface area contributed by atoms with Gasteiger partial charge in [0, 0.05) is 5.56 Å². The zero-order chi connectivity index (χ0) is 22.3. The third-order valence-corrected chi connectivity index (χ3v) is 4.36. The van der Waals surface area contributed by atoms with Crippen molar-refractivity contribution in [2.75, 3.05) is 0 Å². The van der Waals surface area contributed by atoms with E-state index in [1.54, 1.807) is 31.2 Å². The molecule has 8 heteroatoms. The first-order valence-electron chi connectivity index (χ1n) is 9.57. The smallest absolute Gasteiger partial charge is 0.279 e. The molecule has 1 unspecified atom stereocenters. The van der Waals surface area contributed by atoms with Crippen molar-refractivity contribution in [1.29, 1.82) is 0 Å². The van der Waals surface area contributed by atoms with E-state index in [4.69, 9.17) is 21.7 Å². The highest BCUT2D eigenvalue weighted by Gasteiger charge is 2.16. The molecular weight excluding hydrogens is 402 g/mol. The summed E-state index contributed by atoms with van der Waals surface area (Å²) >= 11 is 5.07. The standard InChI is InChI=1S/C22H27N3O4S/c1-13(2)28-18-8-6-7-17(12-18)21(27)23-22(30)25-24-20(26)16(5)29-19-10-9-14(3)15(4)11-19/h6-13,16H,1-5H3,(H,24,26)(H2,23,25,27,30). The molecule has 0 saturated carbocycles. The Hall–Kier alpha value is -3.13. The maximum Gasteiger partial charge on any atom is 0.279 e. The number of hydrogen-bond donors (Lipinski definition) is 3. The van der Waals surface area contributed by atoms with Gasteiger partial charge in [-0.3, -0.25) is 25.8 Å². The van der Waals surface area contributed by atoms with Crippen molar-refractivity contribution in [1.82, 2.24) is 16.2 Å². The maximum absolute atomic E-state index is 12.3. The number of aryl methyl sites for hydroxylation is 2. The van der Waals surface area contributed by atoms with Crippen LogP contribution >= 0.6 is 12.2 Å². The average molecular weight is 430 g/mol. The number of benzene rings is 2. The molecule has 0 fully saturated rings. The summed E-state index contributed by atoms with van der Waals surface area (Å²) < 4.78 is 11.2.